The van der Waals surface area contributed by atoms with E-state index in [0.717, 1.165) is 0 Å². The monoisotopic (exact) mass is 215 g/mol. The average Bonchev–Trinajstić information content (AvgIpc) is 2.16. The van der Waals surface area contributed by atoms with Crippen LogP contribution in [0.3, 0.4) is 0 Å². The first-order chi connectivity index (χ1) is 6.52. The Hall–Kier alpha value is -0.360. The average molecular weight is 215 g/mol. The van der Waals surface area contributed by atoms with Crippen molar-refractivity contribution in [2.24, 2.45) is 0 Å². The summed E-state index contributed by atoms with van der Waals surface area (Å²) in [6.45, 7) is 0.0329. The lowest BCUT2D eigenvalue weighted by Gasteiger charge is -2.25. The fourth-order valence-electron chi connectivity index (χ4n) is 1.26. The molecule has 0 saturated carbocycles. The SMILES string of the molecule is FC(F)C(F)(F)CNC1CCOCC1. The van der Waals surface area contributed by atoms with Gasteiger partial charge < -0.3 is 10.1 Å². The van der Waals surface area contributed by atoms with Crippen LogP contribution in [-0.4, -0.2) is 38.1 Å². The number of ether oxygens (including phenoxy) is 1. The summed E-state index contributed by atoms with van der Waals surface area (Å²) in [6, 6.07) is -0.131. The van der Waals surface area contributed by atoms with Gasteiger partial charge in [-0.1, -0.05) is 0 Å². The van der Waals surface area contributed by atoms with Crippen LogP contribution in [0.2, 0.25) is 0 Å². The van der Waals surface area contributed by atoms with Crippen molar-refractivity contribution in [1.82, 2.24) is 5.32 Å². The van der Waals surface area contributed by atoms with Gasteiger partial charge in [0, 0.05) is 19.3 Å². The molecular weight excluding hydrogens is 202 g/mol. The maximum absolute atomic E-state index is 12.5. The van der Waals surface area contributed by atoms with Gasteiger partial charge in [0.05, 0.1) is 6.54 Å². The van der Waals surface area contributed by atoms with E-state index in [0.29, 0.717) is 26.1 Å². The molecule has 0 atom stereocenters. The molecule has 0 aromatic heterocycles. The predicted octanol–water partition coefficient (Wildman–Crippen LogP) is 1.66. The Bertz CT molecular complexity index is 171. The van der Waals surface area contributed by atoms with Crippen molar-refractivity contribution < 1.29 is 22.3 Å². The molecule has 0 amide bonds. The molecule has 2 nitrogen and oxygen atoms in total. The zero-order valence-electron chi connectivity index (χ0n) is 7.61. The molecule has 1 heterocycles. The van der Waals surface area contributed by atoms with E-state index in [1.54, 1.807) is 0 Å². The molecule has 0 spiro atoms. The molecule has 1 aliphatic heterocycles. The maximum Gasteiger partial charge on any atom is 0.319 e. The van der Waals surface area contributed by atoms with Crippen LogP contribution in [0.5, 0.6) is 0 Å². The summed E-state index contributed by atoms with van der Waals surface area (Å²) in [5.41, 5.74) is 0. The van der Waals surface area contributed by atoms with Gasteiger partial charge in [-0.25, -0.2) is 8.78 Å². The zero-order chi connectivity index (χ0) is 10.6. The van der Waals surface area contributed by atoms with E-state index in [2.05, 4.69) is 5.32 Å². The second-order valence-corrected chi connectivity index (χ2v) is 3.33. The highest BCUT2D eigenvalue weighted by Crippen LogP contribution is 2.22. The third kappa shape index (κ3) is 3.42. The number of halogens is 4. The smallest absolute Gasteiger partial charge is 0.319 e. The Labute approximate surface area is 79.6 Å². The minimum absolute atomic E-state index is 0.131. The van der Waals surface area contributed by atoms with Gasteiger partial charge in [0.15, 0.2) is 0 Å². The van der Waals surface area contributed by atoms with Crippen molar-refractivity contribution in [1.29, 1.82) is 0 Å². The van der Waals surface area contributed by atoms with Crippen LogP contribution in [0, 0.1) is 0 Å². The van der Waals surface area contributed by atoms with Crippen LogP contribution in [0.15, 0.2) is 0 Å². The summed E-state index contributed by atoms with van der Waals surface area (Å²) in [7, 11) is 0. The summed E-state index contributed by atoms with van der Waals surface area (Å²) in [6.07, 6.45) is -2.41. The van der Waals surface area contributed by atoms with Gasteiger partial charge >= 0.3 is 12.3 Å². The Morgan fingerprint density at radius 2 is 1.86 bits per heavy atom. The van der Waals surface area contributed by atoms with Crippen molar-refractivity contribution in [3.63, 3.8) is 0 Å². The van der Waals surface area contributed by atoms with Gasteiger partial charge in [0.1, 0.15) is 0 Å². The predicted molar refractivity (Wildman–Crippen MR) is 42.8 cm³/mol. The highest BCUT2D eigenvalue weighted by molar-refractivity contribution is 4.77. The Balaban J connectivity index is 2.24. The minimum Gasteiger partial charge on any atom is -0.381 e. The maximum atomic E-state index is 12.5. The molecule has 0 bridgehead atoms. The molecule has 0 aromatic carbocycles. The second kappa shape index (κ2) is 4.93. The Kier molecular flexibility index (Phi) is 4.12. The van der Waals surface area contributed by atoms with Crippen LogP contribution in [0.1, 0.15) is 12.8 Å². The van der Waals surface area contributed by atoms with Crippen molar-refractivity contribution in [2.75, 3.05) is 19.8 Å². The highest BCUT2D eigenvalue weighted by atomic mass is 19.3. The van der Waals surface area contributed by atoms with E-state index in [-0.39, 0.29) is 6.04 Å². The third-order valence-corrected chi connectivity index (χ3v) is 2.17. The molecule has 1 aliphatic rings. The van der Waals surface area contributed by atoms with Crippen LogP contribution < -0.4 is 5.32 Å². The highest BCUT2D eigenvalue weighted by Gasteiger charge is 2.40. The van der Waals surface area contributed by atoms with Crippen LogP contribution in [0.25, 0.3) is 0 Å². The molecule has 0 aliphatic carbocycles. The number of rotatable bonds is 4. The minimum atomic E-state index is -3.93. The molecule has 1 rings (SSSR count). The first-order valence-corrected chi connectivity index (χ1v) is 4.49. The fourth-order valence-corrected chi connectivity index (χ4v) is 1.26. The third-order valence-electron chi connectivity index (χ3n) is 2.17. The molecule has 84 valence electrons. The largest absolute Gasteiger partial charge is 0.381 e. The summed E-state index contributed by atoms with van der Waals surface area (Å²) in [5, 5.41) is 2.43. The van der Waals surface area contributed by atoms with E-state index in [4.69, 9.17) is 4.74 Å². The van der Waals surface area contributed by atoms with E-state index in [1.807, 2.05) is 0 Å². The fraction of sp³-hybridized carbons (Fsp3) is 1.00. The summed E-state index contributed by atoms with van der Waals surface area (Å²) in [5.74, 6) is -3.93. The topological polar surface area (TPSA) is 21.3 Å². The van der Waals surface area contributed by atoms with Crippen LogP contribution in [0.4, 0.5) is 17.6 Å². The summed E-state index contributed by atoms with van der Waals surface area (Å²) in [4.78, 5) is 0. The molecule has 1 saturated heterocycles. The Morgan fingerprint density at radius 1 is 1.29 bits per heavy atom. The number of hydrogen-bond acceptors (Lipinski definition) is 2. The van der Waals surface area contributed by atoms with E-state index in [9.17, 15) is 17.6 Å². The lowest BCUT2D eigenvalue weighted by molar-refractivity contribution is -0.127. The van der Waals surface area contributed by atoms with Crippen molar-refractivity contribution in [2.45, 2.75) is 31.2 Å². The number of nitrogens with one attached hydrogen (secondary N) is 1. The molecule has 1 fully saturated rings. The van der Waals surface area contributed by atoms with Gasteiger partial charge in [0.25, 0.3) is 0 Å². The molecular formula is C8H13F4NO. The number of alkyl halides is 4. The molecule has 0 radical (unpaired) electrons. The van der Waals surface area contributed by atoms with Crippen molar-refractivity contribution in [3.8, 4) is 0 Å². The van der Waals surface area contributed by atoms with Gasteiger partial charge in [-0.2, -0.15) is 8.78 Å². The van der Waals surface area contributed by atoms with E-state index >= 15 is 0 Å². The first-order valence-electron chi connectivity index (χ1n) is 4.49. The molecule has 6 heteroatoms. The Morgan fingerprint density at radius 3 is 2.36 bits per heavy atom. The summed E-state index contributed by atoms with van der Waals surface area (Å²) < 4.78 is 53.4. The molecule has 14 heavy (non-hydrogen) atoms. The van der Waals surface area contributed by atoms with Crippen LogP contribution in [-0.2, 0) is 4.74 Å². The van der Waals surface area contributed by atoms with Gasteiger partial charge in [-0.15, -0.1) is 0 Å². The summed E-state index contributed by atoms with van der Waals surface area (Å²) >= 11 is 0. The van der Waals surface area contributed by atoms with E-state index in [1.165, 1.54) is 0 Å². The lowest BCUT2D eigenvalue weighted by atomic mass is 10.1. The van der Waals surface area contributed by atoms with E-state index < -0.39 is 18.9 Å². The first kappa shape index (κ1) is 11.7. The second-order valence-electron chi connectivity index (χ2n) is 3.33. The van der Waals surface area contributed by atoms with Gasteiger partial charge in [0.2, 0.25) is 0 Å². The van der Waals surface area contributed by atoms with Gasteiger partial charge in [-0.3, -0.25) is 0 Å². The molecule has 1 N–H and O–H groups in total. The molecule has 0 aromatic rings. The van der Waals surface area contributed by atoms with Crippen LogP contribution >= 0.6 is 0 Å². The lowest BCUT2D eigenvalue weighted by Crippen LogP contribution is -2.45. The quantitative estimate of drug-likeness (QED) is 0.720. The van der Waals surface area contributed by atoms with Crippen molar-refractivity contribution >= 4 is 0 Å². The normalized spacial score (nSPS) is 20.4. The zero-order valence-corrected chi connectivity index (χ0v) is 7.61. The van der Waals surface area contributed by atoms with Crippen molar-refractivity contribution in [3.05, 3.63) is 0 Å². The number of hydrogen-bond donors (Lipinski definition) is 1. The standard InChI is InChI=1S/C8H13F4NO/c9-7(10)8(11,12)5-13-6-1-3-14-4-2-6/h6-7,13H,1-5H2. The molecule has 0 unspecified atom stereocenters. The van der Waals surface area contributed by atoms with Gasteiger partial charge in [-0.05, 0) is 12.8 Å².